The van der Waals surface area contributed by atoms with E-state index in [-0.39, 0.29) is 0 Å². The standard InChI is InChI=1S/C32H38Br2N4S3/c1-3-5-7-9-11-13-15-21-22(16-14-12-10-8-6-4-2)36-30-28(24-18-20-26(34)40-24)32-31(37-41-38-32)27(29(30)35-21)23-17-19-25(33)39-23/h17-20H,3-16H2,1-2H3. The van der Waals surface area contributed by atoms with Crippen molar-refractivity contribution < 1.29 is 0 Å². The topological polar surface area (TPSA) is 51.6 Å². The molecular formula is C32H38Br2N4S3. The second-order valence-electron chi connectivity index (χ2n) is 10.8. The Morgan fingerprint density at radius 3 is 1.34 bits per heavy atom. The molecule has 4 heterocycles. The van der Waals surface area contributed by atoms with E-state index in [2.05, 4.69) is 70.0 Å². The van der Waals surface area contributed by atoms with E-state index in [0.29, 0.717) is 0 Å². The highest BCUT2D eigenvalue weighted by Crippen LogP contribution is 2.46. The number of unbranched alkanes of at least 4 members (excludes halogenated alkanes) is 10. The average molecular weight is 735 g/mol. The number of halogens is 2. The molecule has 0 aliphatic rings. The first-order valence-corrected chi connectivity index (χ1v) is 19.0. The number of aromatic nitrogens is 4. The minimum atomic E-state index is 0.930. The van der Waals surface area contributed by atoms with Gasteiger partial charge in [0.1, 0.15) is 22.1 Å². The van der Waals surface area contributed by atoms with Gasteiger partial charge >= 0.3 is 0 Å². The number of hydrogen-bond acceptors (Lipinski definition) is 7. The number of thiophene rings is 2. The van der Waals surface area contributed by atoms with Crippen LogP contribution in [0.15, 0.2) is 31.8 Å². The van der Waals surface area contributed by atoms with Crippen molar-refractivity contribution in [1.29, 1.82) is 0 Å². The summed E-state index contributed by atoms with van der Waals surface area (Å²) in [5, 5.41) is 0. The molecule has 0 N–H and O–H groups in total. The Balaban J connectivity index is 1.62. The van der Waals surface area contributed by atoms with Gasteiger partial charge < -0.3 is 0 Å². The third-order valence-electron chi connectivity index (χ3n) is 7.66. The van der Waals surface area contributed by atoms with Gasteiger partial charge in [0.2, 0.25) is 0 Å². The van der Waals surface area contributed by atoms with Crippen LogP contribution in [0.2, 0.25) is 0 Å². The molecule has 4 aromatic heterocycles. The van der Waals surface area contributed by atoms with Crippen LogP contribution in [-0.4, -0.2) is 18.7 Å². The minimum absolute atomic E-state index is 0.930. The fourth-order valence-corrected chi connectivity index (χ4v) is 8.93. The van der Waals surface area contributed by atoms with Gasteiger partial charge in [-0.3, -0.25) is 0 Å². The Labute approximate surface area is 273 Å². The third-order valence-corrected chi connectivity index (χ3v) is 11.5. The molecule has 4 nitrogen and oxygen atoms in total. The quantitative estimate of drug-likeness (QED) is 0.0947. The summed E-state index contributed by atoms with van der Waals surface area (Å²) in [6.45, 7) is 4.56. The second-order valence-corrected chi connectivity index (χ2v) is 16.2. The third kappa shape index (κ3) is 7.64. The van der Waals surface area contributed by atoms with Crippen LogP contribution < -0.4 is 0 Å². The molecule has 0 fully saturated rings. The number of fused-ring (bicyclic) bond motifs is 2. The highest BCUT2D eigenvalue weighted by atomic mass is 79.9. The van der Waals surface area contributed by atoms with Crippen LogP contribution in [-0.2, 0) is 12.8 Å². The zero-order chi connectivity index (χ0) is 28.6. The van der Waals surface area contributed by atoms with E-state index in [0.717, 1.165) is 63.4 Å². The molecule has 41 heavy (non-hydrogen) atoms. The lowest BCUT2D eigenvalue weighted by atomic mass is 9.99. The molecule has 0 saturated carbocycles. The van der Waals surface area contributed by atoms with Crippen molar-refractivity contribution in [3.63, 3.8) is 0 Å². The Kier molecular flexibility index (Phi) is 11.8. The van der Waals surface area contributed by atoms with Gasteiger partial charge in [-0.15, -0.1) is 22.7 Å². The van der Waals surface area contributed by atoms with Crippen LogP contribution in [0.25, 0.3) is 42.9 Å². The van der Waals surface area contributed by atoms with Gasteiger partial charge in [-0.2, -0.15) is 8.75 Å². The minimum Gasteiger partial charge on any atom is -0.248 e. The highest BCUT2D eigenvalue weighted by molar-refractivity contribution is 9.11. The number of hydrogen-bond donors (Lipinski definition) is 0. The number of benzene rings is 1. The molecule has 0 amide bonds. The molecule has 0 atom stereocenters. The van der Waals surface area contributed by atoms with E-state index in [1.807, 2.05) is 0 Å². The zero-order valence-electron chi connectivity index (χ0n) is 24.0. The van der Waals surface area contributed by atoms with Crippen molar-refractivity contribution in [2.75, 3.05) is 0 Å². The molecule has 0 aliphatic carbocycles. The fourth-order valence-electron chi connectivity index (χ4n) is 5.50. The maximum atomic E-state index is 5.50. The summed E-state index contributed by atoms with van der Waals surface area (Å²) in [6.07, 6.45) is 17.3. The van der Waals surface area contributed by atoms with Gasteiger partial charge in [0.15, 0.2) is 0 Å². The van der Waals surface area contributed by atoms with Crippen molar-refractivity contribution in [3.05, 3.63) is 43.2 Å². The van der Waals surface area contributed by atoms with Crippen LogP contribution in [0, 0.1) is 0 Å². The first-order valence-electron chi connectivity index (χ1n) is 15.1. The molecule has 0 aliphatic heterocycles. The van der Waals surface area contributed by atoms with E-state index >= 15 is 0 Å². The summed E-state index contributed by atoms with van der Waals surface area (Å²) in [5.74, 6) is 0. The normalized spacial score (nSPS) is 11.8. The van der Waals surface area contributed by atoms with Crippen molar-refractivity contribution in [2.24, 2.45) is 0 Å². The first-order chi connectivity index (χ1) is 20.1. The summed E-state index contributed by atoms with van der Waals surface area (Å²) in [6, 6.07) is 8.56. The lowest BCUT2D eigenvalue weighted by Gasteiger charge is -2.15. The summed E-state index contributed by atoms with van der Waals surface area (Å²) in [5.41, 5.74) is 8.29. The van der Waals surface area contributed by atoms with E-state index < -0.39 is 0 Å². The van der Waals surface area contributed by atoms with Crippen LogP contribution in [0.1, 0.15) is 102 Å². The largest absolute Gasteiger partial charge is 0.248 e. The Morgan fingerprint density at radius 2 is 0.951 bits per heavy atom. The van der Waals surface area contributed by atoms with Gasteiger partial charge in [-0.05, 0) is 81.8 Å². The van der Waals surface area contributed by atoms with Crippen molar-refractivity contribution in [2.45, 2.75) is 104 Å². The summed E-state index contributed by atoms with van der Waals surface area (Å²) in [4.78, 5) is 13.3. The fraction of sp³-hybridized carbons (Fsp3) is 0.500. The van der Waals surface area contributed by atoms with Crippen LogP contribution >= 0.6 is 66.3 Å². The molecule has 0 spiro atoms. The molecule has 9 heteroatoms. The van der Waals surface area contributed by atoms with Crippen molar-refractivity contribution in [1.82, 2.24) is 18.7 Å². The molecule has 0 unspecified atom stereocenters. The average Bonchev–Trinajstić information content (AvgIpc) is 3.73. The molecule has 5 aromatic rings. The highest BCUT2D eigenvalue weighted by Gasteiger charge is 2.25. The Bertz CT molecular complexity index is 1460. The lowest BCUT2D eigenvalue weighted by Crippen LogP contribution is -2.05. The molecule has 0 radical (unpaired) electrons. The van der Waals surface area contributed by atoms with Gasteiger partial charge in [0.25, 0.3) is 0 Å². The molecular weight excluding hydrogens is 696 g/mol. The second kappa shape index (κ2) is 15.5. The Morgan fingerprint density at radius 1 is 0.537 bits per heavy atom. The maximum absolute atomic E-state index is 5.50. The van der Waals surface area contributed by atoms with Gasteiger partial charge in [0.05, 0.1) is 30.7 Å². The molecule has 1 aromatic carbocycles. The predicted molar refractivity (Wildman–Crippen MR) is 187 cm³/mol. The van der Waals surface area contributed by atoms with E-state index in [4.69, 9.17) is 18.7 Å². The van der Waals surface area contributed by atoms with Crippen molar-refractivity contribution >= 4 is 88.3 Å². The first kappa shape index (κ1) is 31.2. The molecule has 0 bridgehead atoms. The van der Waals surface area contributed by atoms with Gasteiger partial charge in [0, 0.05) is 20.9 Å². The maximum Gasteiger partial charge on any atom is 0.116 e. The van der Waals surface area contributed by atoms with Crippen LogP contribution in [0.5, 0.6) is 0 Å². The molecule has 5 rings (SSSR count). The summed E-state index contributed by atoms with van der Waals surface area (Å²) < 4.78 is 11.9. The molecule has 0 saturated heterocycles. The zero-order valence-corrected chi connectivity index (χ0v) is 29.6. The smallest absolute Gasteiger partial charge is 0.116 e. The van der Waals surface area contributed by atoms with Crippen LogP contribution in [0.4, 0.5) is 0 Å². The van der Waals surface area contributed by atoms with Crippen molar-refractivity contribution in [3.8, 4) is 20.9 Å². The predicted octanol–water partition coefficient (Wildman–Crippen LogP) is 12.4. The van der Waals surface area contributed by atoms with E-state index in [9.17, 15) is 0 Å². The number of aryl methyl sites for hydroxylation is 2. The number of nitrogens with zero attached hydrogens (tertiary/aromatic N) is 4. The Hall–Kier alpha value is -1.26. The summed E-state index contributed by atoms with van der Waals surface area (Å²) in [7, 11) is 0. The summed E-state index contributed by atoms with van der Waals surface area (Å²) >= 11 is 12.1. The van der Waals surface area contributed by atoms with Gasteiger partial charge in [-0.25, -0.2) is 9.97 Å². The van der Waals surface area contributed by atoms with Gasteiger partial charge in [-0.1, -0.05) is 78.1 Å². The number of rotatable bonds is 16. The monoisotopic (exact) mass is 732 g/mol. The molecule has 218 valence electrons. The van der Waals surface area contributed by atoms with E-state index in [1.54, 1.807) is 22.7 Å². The SMILES string of the molecule is CCCCCCCCc1nc2c(-c3ccc(Br)s3)c3nsnc3c(-c3ccc(Br)s3)c2nc1CCCCCCCC. The lowest BCUT2D eigenvalue weighted by molar-refractivity contribution is 0.593. The van der Waals surface area contributed by atoms with Crippen LogP contribution in [0.3, 0.4) is 0 Å². The van der Waals surface area contributed by atoms with E-state index in [1.165, 1.54) is 100 Å².